The van der Waals surface area contributed by atoms with E-state index in [1.165, 1.54) is 10.7 Å². The second-order valence-electron chi connectivity index (χ2n) is 3.31. The summed E-state index contributed by atoms with van der Waals surface area (Å²) in [6, 6.07) is 3.02. The number of pyridine rings is 1. The zero-order valence-electron chi connectivity index (χ0n) is 8.69. The third-order valence-electron chi connectivity index (χ3n) is 2.11. The number of hydrogen-bond donors (Lipinski definition) is 1. The molecule has 2 heterocycles. The van der Waals surface area contributed by atoms with E-state index in [4.69, 9.17) is 28.3 Å². The molecule has 5 nitrogen and oxygen atoms in total. The lowest BCUT2D eigenvalue weighted by atomic mass is 10.3. The molecule has 0 bridgehead atoms. The van der Waals surface area contributed by atoms with E-state index in [2.05, 4.69) is 10.1 Å². The van der Waals surface area contributed by atoms with E-state index >= 15 is 0 Å². The van der Waals surface area contributed by atoms with E-state index in [1.807, 2.05) is 0 Å². The van der Waals surface area contributed by atoms with Crippen LogP contribution in [0.1, 0.15) is 16.2 Å². The molecule has 0 saturated heterocycles. The topological polar surface area (TPSA) is 68.0 Å². The van der Waals surface area contributed by atoms with Gasteiger partial charge in [0.2, 0.25) is 0 Å². The SMILES string of the molecule is Cc1nn(-c2ccc(Cl)c(C(=O)O)n2)cc1Cl. The Morgan fingerprint density at radius 1 is 1.35 bits per heavy atom. The highest BCUT2D eigenvalue weighted by molar-refractivity contribution is 6.33. The number of halogens is 2. The number of carboxylic acid groups (broad SMARTS) is 1. The van der Waals surface area contributed by atoms with Crippen molar-refractivity contribution in [1.82, 2.24) is 14.8 Å². The van der Waals surface area contributed by atoms with Crippen LogP contribution in [0.5, 0.6) is 0 Å². The minimum Gasteiger partial charge on any atom is -0.476 e. The summed E-state index contributed by atoms with van der Waals surface area (Å²) in [5, 5.41) is 13.6. The maximum absolute atomic E-state index is 10.9. The summed E-state index contributed by atoms with van der Waals surface area (Å²) in [4.78, 5) is 14.8. The Morgan fingerprint density at radius 3 is 2.59 bits per heavy atom. The molecule has 2 aromatic rings. The van der Waals surface area contributed by atoms with Crippen molar-refractivity contribution in [2.75, 3.05) is 0 Å². The monoisotopic (exact) mass is 271 g/mol. The molecular weight excluding hydrogens is 265 g/mol. The lowest BCUT2D eigenvalue weighted by molar-refractivity contribution is 0.0690. The molecule has 0 radical (unpaired) electrons. The van der Waals surface area contributed by atoms with E-state index in [0.717, 1.165) is 0 Å². The Labute approximate surface area is 107 Å². The fraction of sp³-hybridized carbons (Fsp3) is 0.100. The van der Waals surface area contributed by atoms with E-state index in [9.17, 15) is 4.79 Å². The standard InChI is InChI=1S/C10H7Cl2N3O2/c1-5-7(12)4-15(14-5)8-3-2-6(11)9(13-8)10(16)17/h2-4H,1H3,(H,16,17). The van der Waals surface area contributed by atoms with Crippen LogP contribution in [0, 0.1) is 6.92 Å². The van der Waals surface area contributed by atoms with Crippen molar-refractivity contribution in [2.24, 2.45) is 0 Å². The van der Waals surface area contributed by atoms with Crippen molar-refractivity contribution in [1.29, 1.82) is 0 Å². The summed E-state index contributed by atoms with van der Waals surface area (Å²) in [6.45, 7) is 1.74. The molecule has 1 N–H and O–H groups in total. The van der Waals surface area contributed by atoms with Crippen molar-refractivity contribution in [3.05, 3.63) is 39.8 Å². The zero-order chi connectivity index (χ0) is 12.6. The summed E-state index contributed by atoms with van der Waals surface area (Å²) >= 11 is 11.6. The van der Waals surface area contributed by atoms with Crippen LogP contribution in [0.4, 0.5) is 0 Å². The lowest BCUT2D eigenvalue weighted by Gasteiger charge is -2.03. The fourth-order valence-corrected chi connectivity index (χ4v) is 1.58. The van der Waals surface area contributed by atoms with Gasteiger partial charge in [0.1, 0.15) is 0 Å². The van der Waals surface area contributed by atoms with Gasteiger partial charge in [-0.3, -0.25) is 0 Å². The van der Waals surface area contributed by atoms with Gasteiger partial charge in [-0.25, -0.2) is 14.5 Å². The first-order valence-electron chi connectivity index (χ1n) is 4.61. The summed E-state index contributed by atoms with van der Waals surface area (Å²) in [6.07, 6.45) is 1.55. The van der Waals surface area contributed by atoms with E-state index in [1.54, 1.807) is 19.2 Å². The highest BCUT2D eigenvalue weighted by Gasteiger charge is 2.13. The Balaban J connectivity index is 2.53. The van der Waals surface area contributed by atoms with Gasteiger partial charge in [0.15, 0.2) is 11.5 Å². The summed E-state index contributed by atoms with van der Waals surface area (Å²) < 4.78 is 1.40. The van der Waals surface area contributed by atoms with Crippen LogP contribution < -0.4 is 0 Å². The molecule has 2 aromatic heterocycles. The van der Waals surface area contributed by atoms with Crippen LogP contribution >= 0.6 is 23.2 Å². The third kappa shape index (κ3) is 2.25. The number of carboxylic acids is 1. The first-order valence-corrected chi connectivity index (χ1v) is 5.36. The first-order chi connectivity index (χ1) is 7.99. The van der Waals surface area contributed by atoms with E-state index in [-0.39, 0.29) is 10.7 Å². The van der Waals surface area contributed by atoms with Crippen molar-refractivity contribution in [3.8, 4) is 5.82 Å². The van der Waals surface area contributed by atoms with Crippen LogP contribution in [-0.4, -0.2) is 25.8 Å². The number of aromatic carboxylic acids is 1. The van der Waals surface area contributed by atoms with Gasteiger partial charge in [0.25, 0.3) is 0 Å². The second-order valence-corrected chi connectivity index (χ2v) is 4.13. The Hall–Kier alpha value is -1.59. The smallest absolute Gasteiger partial charge is 0.356 e. The molecule has 0 fully saturated rings. The molecule has 17 heavy (non-hydrogen) atoms. The molecule has 0 aliphatic heterocycles. The number of carbonyl (C=O) groups is 1. The van der Waals surface area contributed by atoms with Gasteiger partial charge in [0, 0.05) is 0 Å². The predicted octanol–water partition coefficient (Wildman–Crippen LogP) is 2.58. The number of nitrogens with zero attached hydrogens (tertiary/aromatic N) is 3. The molecule has 0 aromatic carbocycles. The first kappa shape index (κ1) is 11.9. The quantitative estimate of drug-likeness (QED) is 0.912. The van der Waals surface area contributed by atoms with Crippen LogP contribution in [0.15, 0.2) is 18.3 Å². The lowest BCUT2D eigenvalue weighted by Crippen LogP contribution is -2.06. The Bertz CT molecular complexity index is 576. The molecule has 0 saturated carbocycles. The fourth-order valence-electron chi connectivity index (χ4n) is 1.27. The van der Waals surface area contributed by atoms with Crippen molar-refractivity contribution in [2.45, 2.75) is 6.92 Å². The van der Waals surface area contributed by atoms with Gasteiger partial charge in [0.05, 0.1) is 21.9 Å². The van der Waals surface area contributed by atoms with Gasteiger partial charge in [-0.05, 0) is 19.1 Å². The molecule has 0 aliphatic carbocycles. The number of aryl methyl sites for hydroxylation is 1. The minimum atomic E-state index is -1.19. The molecule has 0 aliphatic rings. The van der Waals surface area contributed by atoms with Gasteiger partial charge in [-0.15, -0.1) is 0 Å². The van der Waals surface area contributed by atoms with Gasteiger partial charge in [-0.2, -0.15) is 5.10 Å². The van der Waals surface area contributed by atoms with Crippen LogP contribution in [0.2, 0.25) is 10.0 Å². The molecule has 0 atom stereocenters. The maximum Gasteiger partial charge on any atom is 0.356 e. The molecular formula is C10H7Cl2N3O2. The molecule has 2 rings (SSSR count). The number of hydrogen-bond acceptors (Lipinski definition) is 3. The largest absolute Gasteiger partial charge is 0.476 e. The average Bonchev–Trinajstić information content (AvgIpc) is 2.59. The number of rotatable bonds is 2. The highest BCUT2D eigenvalue weighted by atomic mass is 35.5. The van der Waals surface area contributed by atoms with Crippen molar-refractivity contribution in [3.63, 3.8) is 0 Å². The maximum atomic E-state index is 10.9. The molecule has 7 heteroatoms. The Kier molecular flexibility index (Phi) is 3.04. The van der Waals surface area contributed by atoms with Crippen LogP contribution in [-0.2, 0) is 0 Å². The van der Waals surface area contributed by atoms with Gasteiger partial charge < -0.3 is 5.11 Å². The van der Waals surface area contributed by atoms with Crippen LogP contribution in [0.3, 0.4) is 0 Å². The number of aromatic nitrogens is 3. The molecule has 0 amide bonds. The van der Waals surface area contributed by atoms with E-state index < -0.39 is 5.97 Å². The average molecular weight is 272 g/mol. The highest BCUT2D eigenvalue weighted by Crippen LogP contribution is 2.19. The van der Waals surface area contributed by atoms with Gasteiger partial charge >= 0.3 is 5.97 Å². The molecule has 88 valence electrons. The second kappa shape index (κ2) is 4.35. The summed E-state index contributed by atoms with van der Waals surface area (Å²) in [5.74, 6) is -0.839. The summed E-state index contributed by atoms with van der Waals surface area (Å²) in [7, 11) is 0. The van der Waals surface area contributed by atoms with Gasteiger partial charge in [-0.1, -0.05) is 23.2 Å². The Morgan fingerprint density at radius 2 is 2.06 bits per heavy atom. The summed E-state index contributed by atoms with van der Waals surface area (Å²) in [5.41, 5.74) is 0.425. The van der Waals surface area contributed by atoms with Crippen molar-refractivity contribution < 1.29 is 9.90 Å². The third-order valence-corrected chi connectivity index (χ3v) is 2.78. The van der Waals surface area contributed by atoms with Crippen molar-refractivity contribution >= 4 is 29.2 Å². The predicted molar refractivity (Wildman–Crippen MR) is 63.1 cm³/mol. The normalized spacial score (nSPS) is 10.5. The zero-order valence-corrected chi connectivity index (χ0v) is 10.2. The molecule has 0 unspecified atom stereocenters. The van der Waals surface area contributed by atoms with Crippen LogP contribution in [0.25, 0.3) is 5.82 Å². The molecule has 0 spiro atoms. The van der Waals surface area contributed by atoms with E-state index in [0.29, 0.717) is 16.5 Å². The minimum absolute atomic E-state index is 0.0798.